The number of aliphatic imine (C=N–C) groups is 1. The second-order valence-corrected chi connectivity index (χ2v) is 10.6. The van der Waals surface area contributed by atoms with Crippen LogP contribution in [-0.4, -0.2) is 22.7 Å². The Bertz CT molecular complexity index is 1080. The van der Waals surface area contributed by atoms with Crippen LogP contribution in [0.15, 0.2) is 52.4 Å². The lowest BCUT2D eigenvalue weighted by Crippen LogP contribution is -2.51. The van der Waals surface area contributed by atoms with E-state index in [1.807, 2.05) is 37.3 Å². The number of hydrogen-bond acceptors (Lipinski definition) is 4. The summed E-state index contributed by atoms with van der Waals surface area (Å²) in [6.45, 7) is 13.5. The number of amidine groups is 1. The number of hydrogen-bond donors (Lipinski definition) is 1. The Kier molecular flexibility index (Phi) is 5.73. The van der Waals surface area contributed by atoms with Gasteiger partial charge in [0.25, 0.3) is 5.91 Å². The molecule has 162 valence electrons. The third-order valence-corrected chi connectivity index (χ3v) is 6.91. The minimum Gasteiger partial charge on any atom is -0.364 e. The third-order valence-electron chi connectivity index (χ3n) is 6.00. The van der Waals surface area contributed by atoms with E-state index in [0.29, 0.717) is 22.0 Å². The summed E-state index contributed by atoms with van der Waals surface area (Å²) in [6.07, 6.45) is 3.09. The summed E-state index contributed by atoms with van der Waals surface area (Å²) < 4.78 is 0. The first-order valence-electron chi connectivity index (χ1n) is 10.9. The van der Waals surface area contributed by atoms with Crippen LogP contribution >= 0.6 is 11.8 Å². The van der Waals surface area contributed by atoms with E-state index in [1.165, 1.54) is 23.0 Å². The maximum absolute atomic E-state index is 12.5. The Morgan fingerprint density at radius 2 is 2.00 bits per heavy atom. The molecule has 2 aliphatic rings. The number of thioether (sulfide) groups is 1. The molecule has 0 radical (unpaired) electrons. The van der Waals surface area contributed by atoms with Crippen LogP contribution in [-0.2, 0) is 4.79 Å². The summed E-state index contributed by atoms with van der Waals surface area (Å²) in [5, 5.41) is 3.52. The smallest absolute Gasteiger partial charge is 0.264 e. The average molecular weight is 434 g/mol. The summed E-state index contributed by atoms with van der Waals surface area (Å²) in [7, 11) is 0. The number of benzene rings is 2. The molecule has 2 aromatic carbocycles. The Balaban J connectivity index is 1.63. The Morgan fingerprint density at radius 1 is 1.23 bits per heavy atom. The fourth-order valence-electron chi connectivity index (χ4n) is 4.98. The molecule has 0 spiro atoms. The van der Waals surface area contributed by atoms with E-state index >= 15 is 0 Å². The second-order valence-electron chi connectivity index (χ2n) is 9.52. The standard InChI is InChI=1S/C26H31N3OS/c1-16(2)29-22-11-10-19(13-21(22)18(4)15-26(29,5)6)14-23-24(30)28-25(31-23)27-20-9-7-8-17(3)12-20/h7-14,16,18H,15H2,1-6H3,(H,27,28,30)/b23-14-. The van der Waals surface area contributed by atoms with Gasteiger partial charge in [-0.2, -0.15) is 0 Å². The molecule has 0 bridgehead atoms. The molecule has 0 aliphatic carbocycles. The molecule has 31 heavy (non-hydrogen) atoms. The van der Waals surface area contributed by atoms with Crippen LogP contribution in [0.3, 0.4) is 0 Å². The van der Waals surface area contributed by atoms with Gasteiger partial charge in [-0.1, -0.05) is 25.1 Å². The molecule has 1 amide bonds. The lowest BCUT2D eigenvalue weighted by Gasteiger charge is -2.50. The van der Waals surface area contributed by atoms with Gasteiger partial charge in [-0.25, -0.2) is 4.99 Å². The van der Waals surface area contributed by atoms with E-state index in [9.17, 15) is 4.79 Å². The van der Waals surface area contributed by atoms with E-state index in [-0.39, 0.29) is 11.4 Å². The topological polar surface area (TPSA) is 44.7 Å². The van der Waals surface area contributed by atoms with Crippen LogP contribution in [0.5, 0.6) is 0 Å². The summed E-state index contributed by atoms with van der Waals surface area (Å²) in [5.41, 5.74) is 5.86. The van der Waals surface area contributed by atoms with Gasteiger partial charge in [-0.3, -0.25) is 4.79 Å². The molecule has 2 aromatic rings. The molecule has 1 N–H and O–H groups in total. The number of aryl methyl sites for hydroxylation is 1. The highest BCUT2D eigenvalue weighted by molar-refractivity contribution is 8.18. The molecule has 2 heterocycles. The summed E-state index contributed by atoms with van der Waals surface area (Å²) in [5.74, 6) is 0.383. The fraction of sp³-hybridized carbons (Fsp3) is 0.385. The van der Waals surface area contributed by atoms with Gasteiger partial charge >= 0.3 is 0 Å². The first-order valence-corrected chi connectivity index (χ1v) is 11.8. The first kappa shape index (κ1) is 21.7. The highest BCUT2D eigenvalue weighted by atomic mass is 32.2. The molecule has 4 rings (SSSR count). The van der Waals surface area contributed by atoms with Crippen molar-refractivity contribution in [3.05, 3.63) is 64.1 Å². The second kappa shape index (κ2) is 8.19. The van der Waals surface area contributed by atoms with E-state index in [4.69, 9.17) is 0 Å². The zero-order valence-corrected chi connectivity index (χ0v) is 20.0. The molecular weight excluding hydrogens is 402 g/mol. The quantitative estimate of drug-likeness (QED) is 0.571. The maximum Gasteiger partial charge on any atom is 0.264 e. The largest absolute Gasteiger partial charge is 0.364 e. The number of amides is 1. The molecule has 1 unspecified atom stereocenters. The van der Waals surface area contributed by atoms with Crippen molar-refractivity contribution >= 4 is 40.3 Å². The molecular formula is C26H31N3OS. The van der Waals surface area contributed by atoms with Gasteiger partial charge in [0.1, 0.15) is 0 Å². The number of nitrogens with zero attached hydrogens (tertiary/aromatic N) is 2. The lowest BCUT2D eigenvalue weighted by molar-refractivity contribution is -0.115. The van der Waals surface area contributed by atoms with E-state index in [1.54, 1.807) is 0 Å². The molecule has 0 aromatic heterocycles. The van der Waals surface area contributed by atoms with Crippen molar-refractivity contribution in [3.63, 3.8) is 0 Å². The van der Waals surface area contributed by atoms with Crippen molar-refractivity contribution in [1.82, 2.24) is 5.32 Å². The first-order chi connectivity index (χ1) is 14.6. The van der Waals surface area contributed by atoms with Gasteiger partial charge in [0, 0.05) is 17.3 Å². The zero-order chi connectivity index (χ0) is 22.3. The molecule has 1 saturated heterocycles. The highest BCUT2D eigenvalue weighted by Crippen LogP contribution is 2.45. The van der Waals surface area contributed by atoms with Crippen LogP contribution in [0.1, 0.15) is 63.6 Å². The van der Waals surface area contributed by atoms with Crippen molar-refractivity contribution in [2.75, 3.05) is 4.90 Å². The Labute approximate surface area is 189 Å². The number of carbonyl (C=O) groups is 1. The van der Waals surface area contributed by atoms with Crippen molar-refractivity contribution < 1.29 is 4.79 Å². The van der Waals surface area contributed by atoms with Crippen LogP contribution in [0.4, 0.5) is 11.4 Å². The number of fused-ring (bicyclic) bond motifs is 1. The van der Waals surface area contributed by atoms with Crippen molar-refractivity contribution in [1.29, 1.82) is 0 Å². The normalized spacial score (nSPS) is 22.9. The predicted molar refractivity (Wildman–Crippen MR) is 133 cm³/mol. The van der Waals surface area contributed by atoms with E-state index in [2.05, 4.69) is 68.0 Å². The van der Waals surface area contributed by atoms with Crippen LogP contribution in [0.25, 0.3) is 6.08 Å². The molecule has 1 fully saturated rings. The van der Waals surface area contributed by atoms with Crippen LogP contribution in [0.2, 0.25) is 0 Å². The van der Waals surface area contributed by atoms with Crippen molar-refractivity contribution in [2.45, 2.75) is 65.5 Å². The molecule has 4 nitrogen and oxygen atoms in total. The number of rotatable bonds is 3. The Morgan fingerprint density at radius 3 is 2.71 bits per heavy atom. The molecule has 5 heteroatoms. The van der Waals surface area contributed by atoms with Gasteiger partial charge in [0.2, 0.25) is 0 Å². The SMILES string of the molecule is Cc1cccc(N=C2NC(=O)/C(=C/c3ccc4c(c3)C(C)CC(C)(C)N4C(C)C)S2)c1. The van der Waals surface area contributed by atoms with E-state index in [0.717, 1.165) is 23.2 Å². The molecule has 0 saturated carbocycles. The fourth-order valence-corrected chi connectivity index (χ4v) is 5.83. The monoisotopic (exact) mass is 433 g/mol. The number of anilines is 1. The molecule has 2 aliphatic heterocycles. The van der Waals surface area contributed by atoms with Gasteiger partial charge in [-0.15, -0.1) is 0 Å². The van der Waals surface area contributed by atoms with E-state index < -0.39 is 0 Å². The summed E-state index contributed by atoms with van der Waals surface area (Å²) in [4.78, 5) is 20.3. The van der Waals surface area contributed by atoms with Crippen molar-refractivity contribution in [2.24, 2.45) is 4.99 Å². The van der Waals surface area contributed by atoms with Crippen molar-refractivity contribution in [3.8, 4) is 0 Å². The van der Waals surface area contributed by atoms with Crippen LogP contribution < -0.4 is 10.2 Å². The number of carbonyl (C=O) groups excluding carboxylic acids is 1. The van der Waals surface area contributed by atoms with Gasteiger partial charge in [0.05, 0.1) is 10.6 Å². The molecule has 1 atom stereocenters. The minimum absolute atomic E-state index is 0.0906. The predicted octanol–water partition coefficient (Wildman–Crippen LogP) is 6.39. The van der Waals surface area contributed by atoms with Gasteiger partial charge in [0.15, 0.2) is 5.17 Å². The summed E-state index contributed by atoms with van der Waals surface area (Å²) in [6, 6.07) is 15.0. The third kappa shape index (κ3) is 4.42. The lowest BCUT2D eigenvalue weighted by atomic mass is 9.79. The minimum atomic E-state index is -0.0906. The van der Waals surface area contributed by atoms with Crippen LogP contribution in [0, 0.1) is 6.92 Å². The van der Waals surface area contributed by atoms with Gasteiger partial charge in [-0.05, 0) is 106 Å². The zero-order valence-electron chi connectivity index (χ0n) is 19.2. The average Bonchev–Trinajstić information content (AvgIpc) is 3.00. The Hall–Kier alpha value is -2.53. The summed E-state index contributed by atoms with van der Waals surface area (Å²) >= 11 is 1.40. The number of nitrogens with one attached hydrogen (secondary N) is 1. The maximum atomic E-state index is 12.5. The van der Waals surface area contributed by atoms with Gasteiger partial charge < -0.3 is 10.2 Å². The highest BCUT2D eigenvalue weighted by Gasteiger charge is 2.37.